The molecule has 2 heteroatoms. The first-order valence-electron chi connectivity index (χ1n) is 17.7. The SMILES string of the molecule is CC1(C)c2ccccc2-c2cccc(-c3cccc(/C(=C/C(N)c4ccccc4)N=Cc4c5ccccc5cc5c4ccc4ccccc45)c3)c21. The minimum Gasteiger partial charge on any atom is -0.321 e. The van der Waals surface area contributed by atoms with Gasteiger partial charge >= 0.3 is 0 Å². The summed E-state index contributed by atoms with van der Waals surface area (Å²) >= 11 is 0. The van der Waals surface area contributed by atoms with Gasteiger partial charge in [-0.3, -0.25) is 4.99 Å². The lowest BCUT2D eigenvalue weighted by Gasteiger charge is -2.24. The normalized spacial score (nSPS) is 14.3. The van der Waals surface area contributed by atoms with Crippen molar-refractivity contribution < 1.29 is 0 Å². The van der Waals surface area contributed by atoms with E-state index in [0.717, 1.165) is 22.4 Å². The van der Waals surface area contributed by atoms with Gasteiger partial charge in [-0.2, -0.15) is 0 Å². The second-order valence-corrected chi connectivity index (χ2v) is 14.1. The molecular formula is C49H38N2. The number of hydrogen-bond donors (Lipinski definition) is 1. The van der Waals surface area contributed by atoms with E-state index in [2.05, 4.69) is 172 Å². The van der Waals surface area contributed by atoms with Crippen molar-refractivity contribution in [1.29, 1.82) is 0 Å². The van der Waals surface area contributed by atoms with Crippen LogP contribution in [0.1, 0.15) is 47.7 Å². The third-order valence-electron chi connectivity index (χ3n) is 10.7. The number of aliphatic imine (C=N–C) groups is 1. The summed E-state index contributed by atoms with van der Waals surface area (Å²) in [4.78, 5) is 5.33. The smallest absolute Gasteiger partial charge is 0.0681 e. The van der Waals surface area contributed by atoms with E-state index in [4.69, 9.17) is 10.7 Å². The van der Waals surface area contributed by atoms with Crippen molar-refractivity contribution in [2.45, 2.75) is 25.3 Å². The maximum atomic E-state index is 6.90. The van der Waals surface area contributed by atoms with Crippen molar-refractivity contribution in [2.75, 3.05) is 0 Å². The minimum absolute atomic E-state index is 0.120. The first-order chi connectivity index (χ1) is 25.0. The predicted octanol–water partition coefficient (Wildman–Crippen LogP) is 12.3. The molecule has 51 heavy (non-hydrogen) atoms. The Morgan fingerprint density at radius 1 is 0.569 bits per heavy atom. The maximum absolute atomic E-state index is 6.90. The first kappa shape index (κ1) is 30.9. The highest BCUT2D eigenvalue weighted by Gasteiger charge is 2.37. The van der Waals surface area contributed by atoms with E-state index in [1.807, 2.05) is 18.2 Å². The second kappa shape index (κ2) is 12.4. The zero-order chi connectivity index (χ0) is 34.5. The summed E-state index contributed by atoms with van der Waals surface area (Å²) in [6.07, 6.45) is 4.15. The van der Waals surface area contributed by atoms with Crippen LogP contribution < -0.4 is 5.73 Å². The molecule has 0 radical (unpaired) electrons. The minimum atomic E-state index is -0.329. The van der Waals surface area contributed by atoms with E-state index < -0.39 is 0 Å². The molecule has 1 atom stereocenters. The zero-order valence-electron chi connectivity index (χ0n) is 28.8. The average Bonchev–Trinajstić information content (AvgIpc) is 3.42. The Morgan fingerprint density at radius 3 is 2.12 bits per heavy atom. The Morgan fingerprint density at radius 2 is 1.25 bits per heavy atom. The molecule has 244 valence electrons. The van der Waals surface area contributed by atoms with Crippen LogP contribution in [0.25, 0.3) is 60.3 Å². The topological polar surface area (TPSA) is 38.4 Å². The number of rotatable bonds is 6. The molecule has 0 saturated heterocycles. The van der Waals surface area contributed by atoms with Gasteiger partial charge in [0.2, 0.25) is 0 Å². The number of fused-ring (bicyclic) bond motifs is 7. The van der Waals surface area contributed by atoms with E-state index in [1.165, 1.54) is 65.7 Å². The van der Waals surface area contributed by atoms with E-state index in [9.17, 15) is 0 Å². The molecule has 1 aliphatic rings. The number of hydrogen-bond acceptors (Lipinski definition) is 2. The van der Waals surface area contributed by atoms with Crippen LogP contribution in [0.2, 0.25) is 0 Å². The highest BCUT2D eigenvalue weighted by Crippen LogP contribution is 2.52. The van der Waals surface area contributed by atoms with E-state index in [1.54, 1.807) is 0 Å². The van der Waals surface area contributed by atoms with Crippen molar-refractivity contribution >= 4 is 44.2 Å². The molecule has 8 aromatic carbocycles. The molecule has 1 unspecified atom stereocenters. The van der Waals surface area contributed by atoms with Crippen LogP contribution in [0.4, 0.5) is 0 Å². The molecule has 8 aromatic rings. The van der Waals surface area contributed by atoms with E-state index >= 15 is 0 Å². The molecule has 0 amide bonds. The lowest BCUT2D eigenvalue weighted by atomic mass is 9.78. The fraction of sp³-hybridized carbons (Fsp3) is 0.0816. The average molecular weight is 655 g/mol. The molecular weight excluding hydrogens is 617 g/mol. The third kappa shape index (κ3) is 5.28. The Hall–Kier alpha value is -6.09. The van der Waals surface area contributed by atoms with E-state index in [0.29, 0.717) is 0 Å². The van der Waals surface area contributed by atoms with Crippen LogP contribution in [-0.2, 0) is 5.41 Å². The Kier molecular flexibility index (Phi) is 7.49. The van der Waals surface area contributed by atoms with Gasteiger partial charge in [0.25, 0.3) is 0 Å². The molecule has 0 saturated carbocycles. The van der Waals surface area contributed by atoms with Gasteiger partial charge in [-0.1, -0.05) is 166 Å². The third-order valence-corrected chi connectivity index (χ3v) is 10.7. The number of benzene rings is 8. The molecule has 2 nitrogen and oxygen atoms in total. The van der Waals surface area contributed by atoms with Gasteiger partial charge in [-0.05, 0) is 89.5 Å². The van der Waals surface area contributed by atoms with Crippen molar-refractivity contribution in [1.82, 2.24) is 0 Å². The van der Waals surface area contributed by atoms with Crippen molar-refractivity contribution in [3.05, 3.63) is 198 Å². The van der Waals surface area contributed by atoms with E-state index in [-0.39, 0.29) is 11.5 Å². The van der Waals surface area contributed by atoms with Crippen molar-refractivity contribution in [3.63, 3.8) is 0 Å². The van der Waals surface area contributed by atoms with Crippen LogP contribution in [0.5, 0.6) is 0 Å². The van der Waals surface area contributed by atoms with Crippen molar-refractivity contribution in [3.8, 4) is 22.3 Å². The summed E-state index contributed by atoms with van der Waals surface area (Å²) in [6, 6.07) is 58.2. The van der Waals surface area contributed by atoms with Crippen LogP contribution in [0.15, 0.2) is 175 Å². The van der Waals surface area contributed by atoms with Crippen LogP contribution in [0.3, 0.4) is 0 Å². The summed E-state index contributed by atoms with van der Waals surface area (Å²) in [5.41, 5.74) is 18.6. The summed E-state index contributed by atoms with van der Waals surface area (Å²) < 4.78 is 0. The molecule has 0 aromatic heterocycles. The number of nitrogens with two attached hydrogens (primary N) is 1. The van der Waals surface area contributed by atoms with Gasteiger partial charge in [0, 0.05) is 22.8 Å². The molecule has 0 bridgehead atoms. The standard InChI is InChI=1S/C49H38N2/c1-49(2)45-25-11-10-22-41(45)42-24-13-23-39(48(42)49)34-18-12-19-36(28-34)47(30-46(50)33-15-4-3-5-16-33)51-31-44-38-21-9-7-17-35(38)29-43-37-20-8-6-14-32(37)26-27-40(43)44/h3-31,46H,50H2,1-2H3/b47-30-,51-31?. The van der Waals surface area contributed by atoms with Gasteiger partial charge in [-0.25, -0.2) is 0 Å². The van der Waals surface area contributed by atoms with Gasteiger partial charge in [0.05, 0.1) is 11.7 Å². The molecule has 1 aliphatic carbocycles. The van der Waals surface area contributed by atoms with Gasteiger partial charge < -0.3 is 5.73 Å². The number of nitrogens with zero attached hydrogens (tertiary/aromatic N) is 1. The largest absolute Gasteiger partial charge is 0.321 e. The van der Waals surface area contributed by atoms with Crippen LogP contribution in [-0.4, -0.2) is 6.21 Å². The lowest BCUT2D eigenvalue weighted by Crippen LogP contribution is -2.16. The lowest BCUT2D eigenvalue weighted by molar-refractivity contribution is 0.662. The fourth-order valence-electron chi connectivity index (χ4n) is 8.22. The monoisotopic (exact) mass is 654 g/mol. The molecule has 0 heterocycles. The van der Waals surface area contributed by atoms with Gasteiger partial charge in [-0.15, -0.1) is 0 Å². The summed E-state index contributed by atoms with van der Waals surface area (Å²) in [6.45, 7) is 4.69. The first-order valence-corrected chi connectivity index (χ1v) is 17.7. The highest BCUT2D eigenvalue weighted by molar-refractivity contribution is 6.20. The van der Waals surface area contributed by atoms with Crippen molar-refractivity contribution in [2.24, 2.45) is 10.7 Å². The summed E-state index contributed by atoms with van der Waals surface area (Å²) in [7, 11) is 0. The summed E-state index contributed by atoms with van der Waals surface area (Å²) in [5.74, 6) is 0. The molecule has 2 N–H and O–H groups in total. The Labute approximate surface area is 299 Å². The van der Waals surface area contributed by atoms with Gasteiger partial charge in [0.15, 0.2) is 0 Å². The fourth-order valence-corrected chi connectivity index (χ4v) is 8.22. The van der Waals surface area contributed by atoms with Crippen LogP contribution >= 0.6 is 0 Å². The molecule has 0 fully saturated rings. The highest BCUT2D eigenvalue weighted by atomic mass is 14.7. The van der Waals surface area contributed by atoms with Crippen LogP contribution in [0, 0.1) is 0 Å². The quantitative estimate of drug-likeness (QED) is 0.108. The maximum Gasteiger partial charge on any atom is 0.0681 e. The van der Waals surface area contributed by atoms with Gasteiger partial charge in [0.1, 0.15) is 0 Å². The molecule has 0 spiro atoms. The Bertz CT molecular complexity index is 2680. The summed E-state index contributed by atoms with van der Waals surface area (Å²) in [5, 5.41) is 7.24. The molecule has 9 rings (SSSR count). The predicted molar refractivity (Wildman–Crippen MR) is 217 cm³/mol. The second-order valence-electron chi connectivity index (χ2n) is 14.1. The molecule has 0 aliphatic heterocycles. The zero-order valence-corrected chi connectivity index (χ0v) is 28.8. The Balaban J connectivity index is 1.22.